The molecule has 3 rings (SSSR count). The molecule has 0 unspecified atom stereocenters. The van der Waals surface area contributed by atoms with E-state index < -0.39 is 10.0 Å². The van der Waals surface area contributed by atoms with Crippen LogP contribution in [-0.2, 0) is 21.2 Å². The van der Waals surface area contributed by atoms with Crippen molar-refractivity contribution in [1.29, 1.82) is 0 Å². The first-order chi connectivity index (χ1) is 11.2. The summed E-state index contributed by atoms with van der Waals surface area (Å²) < 4.78 is 26.8. The standard InChI is InChI=1S/C17H18ClN3O2S/c1-17(2,3)16-19-14(18)13-9-10-21(15(13)20-16)24(22,23)11-12-7-5-4-6-8-12/h4-10H,11H2,1-3H3. The summed E-state index contributed by atoms with van der Waals surface area (Å²) in [5, 5.41) is 0.792. The van der Waals surface area contributed by atoms with Crippen molar-refractivity contribution in [3.8, 4) is 0 Å². The van der Waals surface area contributed by atoms with Crippen LogP contribution in [0.2, 0.25) is 5.15 Å². The Morgan fingerprint density at radius 2 is 1.75 bits per heavy atom. The molecule has 24 heavy (non-hydrogen) atoms. The van der Waals surface area contributed by atoms with Gasteiger partial charge in [0.25, 0.3) is 0 Å². The van der Waals surface area contributed by atoms with E-state index in [-0.39, 0.29) is 16.3 Å². The van der Waals surface area contributed by atoms with Crippen molar-refractivity contribution in [3.05, 3.63) is 59.1 Å². The fourth-order valence-electron chi connectivity index (χ4n) is 2.37. The highest BCUT2D eigenvalue weighted by Crippen LogP contribution is 2.28. The van der Waals surface area contributed by atoms with Gasteiger partial charge in [-0.25, -0.2) is 22.4 Å². The predicted molar refractivity (Wildman–Crippen MR) is 95.7 cm³/mol. The van der Waals surface area contributed by atoms with Crippen molar-refractivity contribution in [3.63, 3.8) is 0 Å². The second kappa shape index (κ2) is 5.86. The molecule has 0 bridgehead atoms. The van der Waals surface area contributed by atoms with Crippen LogP contribution in [0.1, 0.15) is 32.2 Å². The zero-order chi connectivity index (χ0) is 17.5. The Morgan fingerprint density at radius 3 is 2.38 bits per heavy atom. The summed E-state index contributed by atoms with van der Waals surface area (Å²) in [5.74, 6) is 0.402. The summed E-state index contributed by atoms with van der Waals surface area (Å²) in [5.41, 5.74) is 0.697. The lowest BCUT2D eigenvalue weighted by Gasteiger charge is -2.17. The van der Waals surface area contributed by atoms with Gasteiger partial charge < -0.3 is 0 Å². The molecule has 5 nitrogen and oxygen atoms in total. The van der Waals surface area contributed by atoms with Gasteiger partial charge in [0.05, 0.1) is 11.1 Å². The molecule has 0 saturated carbocycles. The molecule has 7 heteroatoms. The average molecular weight is 364 g/mol. The molecular weight excluding hydrogens is 346 g/mol. The van der Waals surface area contributed by atoms with Crippen molar-refractivity contribution < 1.29 is 8.42 Å². The molecule has 0 radical (unpaired) electrons. The van der Waals surface area contributed by atoms with E-state index in [0.717, 1.165) is 5.56 Å². The molecule has 126 valence electrons. The van der Waals surface area contributed by atoms with Gasteiger partial charge >= 0.3 is 0 Å². The molecule has 0 fully saturated rings. The molecule has 0 aliphatic rings. The van der Waals surface area contributed by atoms with Crippen LogP contribution in [0.3, 0.4) is 0 Å². The Hall–Kier alpha value is -1.92. The summed E-state index contributed by atoms with van der Waals surface area (Å²) in [6, 6.07) is 10.7. The zero-order valence-electron chi connectivity index (χ0n) is 13.7. The van der Waals surface area contributed by atoms with E-state index in [1.165, 1.54) is 10.2 Å². The highest BCUT2D eigenvalue weighted by molar-refractivity contribution is 7.89. The average Bonchev–Trinajstić information content (AvgIpc) is 2.92. The molecule has 1 aromatic carbocycles. The normalized spacial score (nSPS) is 12.7. The van der Waals surface area contributed by atoms with Crippen molar-refractivity contribution in [1.82, 2.24) is 13.9 Å². The van der Waals surface area contributed by atoms with E-state index >= 15 is 0 Å². The number of hydrogen-bond donors (Lipinski definition) is 0. The van der Waals surface area contributed by atoms with Gasteiger partial charge in [0.1, 0.15) is 11.0 Å². The summed E-state index contributed by atoms with van der Waals surface area (Å²) in [6.07, 6.45) is 1.48. The second-order valence-electron chi connectivity index (χ2n) is 6.68. The van der Waals surface area contributed by atoms with E-state index in [4.69, 9.17) is 11.6 Å². The monoisotopic (exact) mass is 363 g/mol. The van der Waals surface area contributed by atoms with Crippen molar-refractivity contribution in [2.75, 3.05) is 0 Å². The van der Waals surface area contributed by atoms with Gasteiger partial charge in [0.15, 0.2) is 5.65 Å². The summed E-state index contributed by atoms with van der Waals surface area (Å²) in [7, 11) is -3.61. The van der Waals surface area contributed by atoms with E-state index in [1.807, 2.05) is 39.0 Å². The molecule has 0 aliphatic heterocycles. The van der Waals surface area contributed by atoms with Crippen LogP contribution in [0, 0.1) is 0 Å². The van der Waals surface area contributed by atoms with E-state index in [9.17, 15) is 8.42 Å². The number of fused-ring (bicyclic) bond motifs is 1. The number of rotatable bonds is 3. The van der Waals surface area contributed by atoms with Crippen molar-refractivity contribution >= 4 is 32.7 Å². The molecule has 2 heterocycles. The second-order valence-corrected chi connectivity index (χ2v) is 8.88. The summed E-state index contributed by atoms with van der Waals surface area (Å²) >= 11 is 6.23. The number of aromatic nitrogens is 3. The van der Waals surface area contributed by atoms with Gasteiger partial charge in [-0.1, -0.05) is 62.7 Å². The molecule has 0 aliphatic carbocycles. The summed E-state index contributed by atoms with van der Waals surface area (Å²) in [4.78, 5) is 8.76. The fourth-order valence-corrected chi connectivity index (χ4v) is 4.00. The van der Waals surface area contributed by atoms with Crippen LogP contribution in [0.15, 0.2) is 42.6 Å². The third-order valence-corrected chi connectivity index (χ3v) is 5.51. The molecule has 3 aromatic rings. The first kappa shape index (κ1) is 16.9. The topological polar surface area (TPSA) is 64.8 Å². The SMILES string of the molecule is CC(C)(C)c1nc(Cl)c2ccn(S(=O)(=O)Cc3ccccc3)c2n1. The Morgan fingerprint density at radius 1 is 1.08 bits per heavy atom. The minimum atomic E-state index is -3.61. The van der Waals surface area contributed by atoms with Crippen molar-refractivity contribution in [2.45, 2.75) is 31.9 Å². The minimum Gasteiger partial charge on any atom is -0.228 e. The van der Waals surface area contributed by atoms with E-state index in [2.05, 4.69) is 9.97 Å². The third kappa shape index (κ3) is 3.16. The van der Waals surface area contributed by atoms with E-state index in [1.54, 1.807) is 18.2 Å². The zero-order valence-corrected chi connectivity index (χ0v) is 15.3. The maximum absolute atomic E-state index is 12.8. The Labute approximate surface area is 146 Å². The fraction of sp³-hybridized carbons (Fsp3) is 0.294. The third-order valence-electron chi connectivity index (χ3n) is 3.63. The lowest BCUT2D eigenvalue weighted by molar-refractivity contribution is 0.547. The largest absolute Gasteiger partial charge is 0.244 e. The molecule has 0 saturated heterocycles. The van der Waals surface area contributed by atoms with Gasteiger partial charge in [0, 0.05) is 11.6 Å². The minimum absolute atomic E-state index is 0.107. The van der Waals surface area contributed by atoms with Gasteiger partial charge in [0.2, 0.25) is 10.0 Å². The highest BCUT2D eigenvalue weighted by atomic mass is 35.5. The molecular formula is C17H18ClN3O2S. The van der Waals surface area contributed by atoms with Crippen LogP contribution >= 0.6 is 11.6 Å². The lowest BCUT2D eigenvalue weighted by Crippen LogP contribution is -2.19. The molecule has 0 atom stereocenters. The number of nitrogens with zero attached hydrogens (tertiary/aromatic N) is 3. The molecule has 0 spiro atoms. The predicted octanol–water partition coefficient (Wildman–Crippen LogP) is 3.76. The van der Waals surface area contributed by atoms with Crippen LogP contribution in [0.5, 0.6) is 0 Å². The van der Waals surface area contributed by atoms with Crippen LogP contribution in [-0.4, -0.2) is 22.4 Å². The Bertz CT molecular complexity index is 990. The maximum atomic E-state index is 12.8. The molecule has 0 N–H and O–H groups in total. The smallest absolute Gasteiger partial charge is 0.228 e. The number of hydrogen-bond acceptors (Lipinski definition) is 4. The Kier molecular flexibility index (Phi) is 4.13. The maximum Gasteiger partial charge on any atom is 0.244 e. The quantitative estimate of drug-likeness (QED) is 0.664. The van der Waals surface area contributed by atoms with Gasteiger partial charge in [-0.2, -0.15) is 0 Å². The van der Waals surface area contributed by atoms with Gasteiger partial charge in [-0.05, 0) is 11.6 Å². The van der Waals surface area contributed by atoms with Crippen molar-refractivity contribution in [2.24, 2.45) is 0 Å². The summed E-state index contributed by atoms with van der Waals surface area (Å²) in [6.45, 7) is 5.86. The molecule has 0 amide bonds. The van der Waals surface area contributed by atoms with Crippen LogP contribution in [0.25, 0.3) is 11.0 Å². The Balaban J connectivity index is 2.14. The first-order valence-corrected chi connectivity index (χ1v) is 9.49. The highest BCUT2D eigenvalue weighted by Gasteiger charge is 2.24. The molecule has 2 aromatic heterocycles. The van der Waals surface area contributed by atoms with Gasteiger partial charge in [-0.15, -0.1) is 0 Å². The van der Waals surface area contributed by atoms with E-state index in [0.29, 0.717) is 16.9 Å². The number of benzene rings is 1. The lowest BCUT2D eigenvalue weighted by atomic mass is 9.96. The van der Waals surface area contributed by atoms with Crippen LogP contribution < -0.4 is 0 Å². The van der Waals surface area contributed by atoms with Gasteiger partial charge in [-0.3, -0.25) is 0 Å². The van der Waals surface area contributed by atoms with Crippen LogP contribution in [0.4, 0.5) is 0 Å². The first-order valence-electron chi connectivity index (χ1n) is 7.51. The number of halogens is 1.